The zero-order valence-electron chi connectivity index (χ0n) is 20.3. The summed E-state index contributed by atoms with van der Waals surface area (Å²) in [6, 6.07) is 24.9. The predicted octanol–water partition coefficient (Wildman–Crippen LogP) is 6.08. The molecule has 3 heterocycles. The molecule has 0 amide bonds. The summed E-state index contributed by atoms with van der Waals surface area (Å²) in [5, 5.41) is 11.2. The lowest BCUT2D eigenvalue weighted by Gasteiger charge is -2.14. The number of carboxylic acids is 1. The van der Waals surface area contributed by atoms with Crippen LogP contribution in [0.4, 0.5) is 0 Å². The van der Waals surface area contributed by atoms with E-state index in [-0.39, 0.29) is 12.4 Å². The maximum Gasteiger partial charge on any atom is 0.371 e. The standard InChI is InChI=1S/C30H23N3O5/c34-30(35)28-15-23-13-20(16-33-12-11-31-19-33)14-27(29(23)38-28)36-17-22-6-2-4-8-26(22)37-18-24-10-9-21-5-1-3-7-25(21)32-24/h1-15,19H,16-18H2,(H,34,35). The highest BCUT2D eigenvalue weighted by Gasteiger charge is 2.17. The SMILES string of the molecule is O=C(O)c1cc2cc(Cn3ccnc3)cc(OCc3ccccc3OCc3ccc4ccccc4n3)c2o1. The van der Waals surface area contributed by atoms with Crippen LogP contribution in [-0.4, -0.2) is 25.6 Å². The fraction of sp³-hybridized carbons (Fsp3) is 0.100. The number of imidazole rings is 1. The third kappa shape index (κ3) is 4.92. The van der Waals surface area contributed by atoms with Crippen LogP contribution >= 0.6 is 0 Å². The van der Waals surface area contributed by atoms with Crippen LogP contribution < -0.4 is 9.47 Å². The Kier molecular flexibility index (Phi) is 6.19. The van der Waals surface area contributed by atoms with E-state index >= 15 is 0 Å². The number of carboxylic acid groups (broad SMARTS) is 1. The summed E-state index contributed by atoms with van der Waals surface area (Å²) in [6.45, 7) is 1.07. The Morgan fingerprint density at radius 2 is 1.74 bits per heavy atom. The van der Waals surface area contributed by atoms with Gasteiger partial charge in [-0.3, -0.25) is 0 Å². The summed E-state index contributed by atoms with van der Waals surface area (Å²) >= 11 is 0. The average Bonchev–Trinajstić information content (AvgIpc) is 3.61. The van der Waals surface area contributed by atoms with Gasteiger partial charge < -0.3 is 23.6 Å². The van der Waals surface area contributed by atoms with Crippen molar-refractivity contribution in [2.75, 3.05) is 0 Å². The van der Waals surface area contributed by atoms with Crippen LogP contribution in [0.2, 0.25) is 0 Å². The summed E-state index contributed by atoms with van der Waals surface area (Å²) in [6.07, 6.45) is 5.29. The number of benzene rings is 3. The molecule has 38 heavy (non-hydrogen) atoms. The van der Waals surface area contributed by atoms with Gasteiger partial charge in [-0.05, 0) is 42.0 Å². The molecule has 0 aliphatic rings. The van der Waals surface area contributed by atoms with Crippen LogP contribution in [0, 0.1) is 0 Å². The summed E-state index contributed by atoms with van der Waals surface area (Å²) in [7, 11) is 0. The van der Waals surface area contributed by atoms with Gasteiger partial charge in [-0.1, -0.05) is 42.5 Å². The molecule has 3 aromatic carbocycles. The molecule has 0 aliphatic heterocycles. The molecule has 0 unspecified atom stereocenters. The second-order valence-corrected chi connectivity index (χ2v) is 8.84. The number of carbonyl (C=O) groups is 1. The second-order valence-electron chi connectivity index (χ2n) is 8.84. The van der Waals surface area contributed by atoms with E-state index in [0.29, 0.717) is 35.6 Å². The highest BCUT2D eigenvalue weighted by Crippen LogP contribution is 2.32. The summed E-state index contributed by atoms with van der Waals surface area (Å²) in [5.74, 6) is -0.143. The van der Waals surface area contributed by atoms with E-state index in [1.807, 2.05) is 83.6 Å². The van der Waals surface area contributed by atoms with Gasteiger partial charge in [0, 0.05) is 35.3 Å². The topological polar surface area (TPSA) is 99.6 Å². The molecule has 0 aliphatic carbocycles. The third-order valence-corrected chi connectivity index (χ3v) is 6.16. The first kappa shape index (κ1) is 23.3. The van der Waals surface area contributed by atoms with Gasteiger partial charge in [-0.15, -0.1) is 0 Å². The van der Waals surface area contributed by atoms with Crippen molar-refractivity contribution >= 4 is 27.8 Å². The molecule has 0 spiro atoms. The van der Waals surface area contributed by atoms with Gasteiger partial charge in [0.15, 0.2) is 11.3 Å². The largest absolute Gasteiger partial charge is 0.487 e. The van der Waals surface area contributed by atoms with Crippen molar-refractivity contribution in [3.05, 3.63) is 120 Å². The number of hydrogen-bond acceptors (Lipinski definition) is 6. The highest BCUT2D eigenvalue weighted by molar-refractivity contribution is 5.93. The number of nitrogens with zero attached hydrogens (tertiary/aromatic N) is 3. The van der Waals surface area contributed by atoms with Gasteiger partial charge in [0.25, 0.3) is 0 Å². The summed E-state index contributed by atoms with van der Waals surface area (Å²) < 4.78 is 19.9. The Hall–Kier alpha value is -5.11. The van der Waals surface area contributed by atoms with Crippen molar-refractivity contribution in [2.24, 2.45) is 0 Å². The lowest BCUT2D eigenvalue weighted by Crippen LogP contribution is -2.04. The molecule has 0 saturated carbocycles. The molecule has 0 radical (unpaired) electrons. The lowest BCUT2D eigenvalue weighted by atomic mass is 10.1. The molecule has 188 valence electrons. The summed E-state index contributed by atoms with van der Waals surface area (Å²) in [4.78, 5) is 20.3. The van der Waals surface area contributed by atoms with E-state index in [1.54, 1.807) is 12.5 Å². The summed E-state index contributed by atoms with van der Waals surface area (Å²) in [5.41, 5.74) is 3.89. The number of aromatic nitrogens is 3. The van der Waals surface area contributed by atoms with Gasteiger partial charge in [0.05, 0.1) is 17.5 Å². The molecule has 6 rings (SSSR count). The molecule has 3 aromatic heterocycles. The van der Waals surface area contributed by atoms with E-state index in [2.05, 4.69) is 9.97 Å². The lowest BCUT2D eigenvalue weighted by molar-refractivity contribution is 0.0664. The number of pyridine rings is 1. The van der Waals surface area contributed by atoms with Crippen molar-refractivity contribution in [1.82, 2.24) is 14.5 Å². The highest BCUT2D eigenvalue weighted by atomic mass is 16.5. The molecule has 8 heteroatoms. The van der Waals surface area contributed by atoms with Crippen molar-refractivity contribution in [3.8, 4) is 11.5 Å². The number of hydrogen-bond donors (Lipinski definition) is 1. The first-order valence-electron chi connectivity index (χ1n) is 12.1. The van der Waals surface area contributed by atoms with Crippen molar-refractivity contribution in [2.45, 2.75) is 19.8 Å². The quantitative estimate of drug-likeness (QED) is 0.254. The van der Waals surface area contributed by atoms with Crippen LogP contribution in [0.3, 0.4) is 0 Å². The Labute approximate surface area is 217 Å². The first-order chi connectivity index (χ1) is 18.6. The minimum atomic E-state index is -1.13. The molecule has 0 bridgehead atoms. The smallest absolute Gasteiger partial charge is 0.371 e. The van der Waals surface area contributed by atoms with E-state index in [0.717, 1.165) is 27.7 Å². The normalized spacial score (nSPS) is 11.2. The van der Waals surface area contributed by atoms with E-state index in [1.165, 1.54) is 6.07 Å². The zero-order chi connectivity index (χ0) is 25.9. The van der Waals surface area contributed by atoms with Crippen LogP contribution in [0.25, 0.3) is 21.9 Å². The maximum absolute atomic E-state index is 11.5. The zero-order valence-corrected chi connectivity index (χ0v) is 20.3. The Morgan fingerprint density at radius 1 is 0.895 bits per heavy atom. The number of fused-ring (bicyclic) bond motifs is 2. The average molecular weight is 506 g/mol. The third-order valence-electron chi connectivity index (χ3n) is 6.16. The van der Waals surface area contributed by atoms with Crippen LogP contribution in [0.1, 0.15) is 27.4 Å². The molecule has 8 nitrogen and oxygen atoms in total. The second kappa shape index (κ2) is 10.1. The minimum Gasteiger partial charge on any atom is -0.487 e. The first-order valence-corrected chi connectivity index (χ1v) is 12.1. The van der Waals surface area contributed by atoms with Crippen LogP contribution in [0.15, 0.2) is 102 Å². The Bertz CT molecular complexity index is 1740. The fourth-order valence-electron chi connectivity index (χ4n) is 4.33. The van der Waals surface area contributed by atoms with E-state index in [9.17, 15) is 9.90 Å². The molecular weight excluding hydrogens is 482 g/mol. The Balaban J connectivity index is 1.24. The van der Waals surface area contributed by atoms with Crippen molar-refractivity contribution in [3.63, 3.8) is 0 Å². The molecule has 6 aromatic rings. The Morgan fingerprint density at radius 3 is 2.61 bits per heavy atom. The van der Waals surface area contributed by atoms with Crippen LogP contribution in [0.5, 0.6) is 11.5 Å². The van der Waals surface area contributed by atoms with Gasteiger partial charge in [0.1, 0.15) is 19.0 Å². The van der Waals surface area contributed by atoms with Crippen LogP contribution in [-0.2, 0) is 19.8 Å². The maximum atomic E-state index is 11.5. The number of furan rings is 1. The number of aromatic carboxylic acids is 1. The number of ether oxygens (including phenoxy) is 2. The fourth-order valence-corrected chi connectivity index (χ4v) is 4.33. The van der Waals surface area contributed by atoms with Gasteiger partial charge >= 0.3 is 5.97 Å². The minimum absolute atomic E-state index is 0.142. The predicted molar refractivity (Wildman–Crippen MR) is 141 cm³/mol. The number of para-hydroxylation sites is 2. The molecule has 0 fully saturated rings. The van der Waals surface area contributed by atoms with E-state index < -0.39 is 5.97 Å². The number of rotatable bonds is 9. The van der Waals surface area contributed by atoms with Crippen molar-refractivity contribution in [1.29, 1.82) is 0 Å². The van der Waals surface area contributed by atoms with Gasteiger partial charge in [-0.2, -0.15) is 0 Å². The van der Waals surface area contributed by atoms with Gasteiger partial charge in [0.2, 0.25) is 5.76 Å². The van der Waals surface area contributed by atoms with Gasteiger partial charge in [-0.25, -0.2) is 14.8 Å². The molecular formula is C30H23N3O5. The molecule has 0 saturated heterocycles. The molecule has 1 N–H and O–H groups in total. The molecule has 0 atom stereocenters. The monoisotopic (exact) mass is 505 g/mol. The van der Waals surface area contributed by atoms with Crippen molar-refractivity contribution < 1.29 is 23.8 Å². The van der Waals surface area contributed by atoms with E-state index in [4.69, 9.17) is 13.9 Å².